The van der Waals surface area contributed by atoms with Crippen LogP contribution in [0.15, 0.2) is 76.5 Å². The molecule has 4 nitrogen and oxygen atoms in total. The maximum atomic E-state index is 12.9. The molecular weight excluding hydrogens is 425 g/mol. The Labute approximate surface area is 181 Å². The molecule has 0 aliphatic carbocycles. The van der Waals surface area contributed by atoms with E-state index in [0.29, 0.717) is 17.8 Å². The summed E-state index contributed by atoms with van der Waals surface area (Å²) in [6, 6.07) is 16.6. The summed E-state index contributed by atoms with van der Waals surface area (Å²) in [5.74, 6) is -0.609. The fraction of sp³-hybridized carbons (Fsp3) is 0.130. The van der Waals surface area contributed by atoms with Crippen molar-refractivity contribution in [2.45, 2.75) is 22.9 Å². The number of rotatable bonds is 3. The van der Waals surface area contributed by atoms with Gasteiger partial charge in [0, 0.05) is 27.6 Å². The van der Waals surface area contributed by atoms with Gasteiger partial charge in [-0.25, -0.2) is 0 Å². The number of halogens is 3. The van der Waals surface area contributed by atoms with Gasteiger partial charge < -0.3 is 10.2 Å². The van der Waals surface area contributed by atoms with Crippen LogP contribution in [0.4, 0.5) is 24.5 Å². The van der Waals surface area contributed by atoms with Gasteiger partial charge in [-0.3, -0.25) is 9.59 Å². The largest absolute Gasteiger partial charge is 0.416 e. The van der Waals surface area contributed by atoms with Crippen LogP contribution in [-0.2, 0) is 6.18 Å². The topological polar surface area (TPSA) is 49.4 Å². The number of alkyl halides is 3. The molecule has 0 fully saturated rings. The Balaban J connectivity index is 1.62. The molecule has 158 valence electrons. The summed E-state index contributed by atoms with van der Waals surface area (Å²) in [7, 11) is 0. The van der Waals surface area contributed by atoms with Crippen LogP contribution in [0.2, 0.25) is 0 Å². The average molecular weight is 442 g/mol. The van der Waals surface area contributed by atoms with Gasteiger partial charge in [0.15, 0.2) is 0 Å². The van der Waals surface area contributed by atoms with E-state index >= 15 is 0 Å². The predicted molar refractivity (Wildman–Crippen MR) is 114 cm³/mol. The SMILES string of the molecule is CCN1C(=O)c2ccccc2Sc2cc(NC(=O)c3ccc(C(F)(F)F)cc3)ccc21. The predicted octanol–water partition coefficient (Wildman–Crippen LogP) is 6.09. The van der Waals surface area contributed by atoms with Gasteiger partial charge in [0.05, 0.1) is 16.8 Å². The standard InChI is InChI=1S/C23H17F3N2O2S/c1-2-28-18-12-11-16(13-20(18)31-19-6-4-3-5-17(19)22(28)30)27-21(29)14-7-9-15(10-8-14)23(24,25)26/h3-13H,2H2,1H3,(H,27,29). The van der Waals surface area contributed by atoms with Crippen molar-refractivity contribution in [1.29, 1.82) is 0 Å². The van der Waals surface area contributed by atoms with E-state index in [9.17, 15) is 22.8 Å². The molecule has 1 aliphatic heterocycles. The fourth-order valence-electron chi connectivity index (χ4n) is 3.33. The van der Waals surface area contributed by atoms with E-state index in [0.717, 1.165) is 39.7 Å². The molecule has 0 saturated heterocycles. The highest BCUT2D eigenvalue weighted by Crippen LogP contribution is 2.42. The minimum absolute atomic E-state index is 0.0918. The summed E-state index contributed by atoms with van der Waals surface area (Å²) in [5.41, 5.74) is 1.14. The third-order valence-electron chi connectivity index (χ3n) is 4.88. The maximum Gasteiger partial charge on any atom is 0.416 e. The van der Waals surface area contributed by atoms with Crippen molar-refractivity contribution in [2.75, 3.05) is 16.8 Å². The van der Waals surface area contributed by atoms with Gasteiger partial charge in [0.25, 0.3) is 11.8 Å². The smallest absolute Gasteiger partial charge is 0.322 e. The molecule has 3 aromatic carbocycles. The van der Waals surface area contributed by atoms with E-state index in [2.05, 4.69) is 5.32 Å². The second-order valence-electron chi connectivity index (χ2n) is 6.86. The maximum absolute atomic E-state index is 12.9. The van der Waals surface area contributed by atoms with Crippen molar-refractivity contribution in [3.63, 3.8) is 0 Å². The van der Waals surface area contributed by atoms with Crippen LogP contribution in [0, 0.1) is 0 Å². The summed E-state index contributed by atoms with van der Waals surface area (Å²) in [4.78, 5) is 28.7. The molecule has 0 unspecified atom stereocenters. The molecule has 2 amide bonds. The summed E-state index contributed by atoms with van der Waals surface area (Å²) in [6.07, 6.45) is -4.46. The molecule has 8 heteroatoms. The summed E-state index contributed by atoms with van der Waals surface area (Å²) >= 11 is 1.43. The van der Waals surface area contributed by atoms with Crippen molar-refractivity contribution in [2.24, 2.45) is 0 Å². The van der Waals surface area contributed by atoms with Crippen molar-refractivity contribution < 1.29 is 22.8 Å². The summed E-state index contributed by atoms with van der Waals surface area (Å²) in [6.45, 7) is 2.37. The molecule has 1 N–H and O–H groups in total. The minimum Gasteiger partial charge on any atom is -0.322 e. The van der Waals surface area contributed by atoms with Crippen molar-refractivity contribution >= 4 is 35.0 Å². The molecule has 1 heterocycles. The Morgan fingerprint density at radius 2 is 1.71 bits per heavy atom. The number of carbonyl (C=O) groups is 2. The van der Waals surface area contributed by atoms with Gasteiger partial charge in [-0.15, -0.1) is 0 Å². The minimum atomic E-state index is -4.46. The molecule has 0 spiro atoms. The zero-order valence-electron chi connectivity index (χ0n) is 16.4. The van der Waals surface area contributed by atoms with Crippen LogP contribution in [-0.4, -0.2) is 18.4 Å². The molecule has 31 heavy (non-hydrogen) atoms. The van der Waals surface area contributed by atoms with Crippen LogP contribution in [0.1, 0.15) is 33.2 Å². The van der Waals surface area contributed by atoms with Crippen LogP contribution >= 0.6 is 11.8 Å². The Hall–Kier alpha value is -3.26. The van der Waals surface area contributed by atoms with E-state index in [-0.39, 0.29) is 11.5 Å². The number of amides is 2. The Morgan fingerprint density at radius 3 is 2.39 bits per heavy atom. The van der Waals surface area contributed by atoms with E-state index in [1.54, 1.807) is 29.2 Å². The molecule has 3 aromatic rings. The number of carbonyl (C=O) groups excluding carboxylic acids is 2. The fourth-order valence-corrected chi connectivity index (χ4v) is 4.45. The molecular formula is C23H17F3N2O2S. The first kappa shape index (κ1) is 21.0. The first-order valence-electron chi connectivity index (χ1n) is 9.49. The second kappa shape index (κ2) is 8.11. The van der Waals surface area contributed by atoms with Gasteiger partial charge in [-0.1, -0.05) is 23.9 Å². The van der Waals surface area contributed by atoms with Crippen LogP contribution in [0.3, 0.4) is 0 Å². The van der Waals surface area contributed by atoms with Crippen LogP contribution < -0.4 is 10.2 Å². The lowest BCUT2D eigenvalue weighted by Crippen LogP contribution is -2.30. The lowest BCUT2D eigenvalue weighted by atomic mass is 10.1. The number of nitrogens with one attached hydrogen (secondary N) is 1. The molecule has 1 aliphatic rings. The highest BCUT2D eigenvalue weighted by atomic mass is 32.2. The monoisotopic (exact) mass is 442 g/mol. The third kappa shape index (κ3) is 4.16. The number of hydrogen-bond acceptors (Lipinski definition) is 3. The number of benzene rings is 3. The zero-order valence-corrected chi connectivity index (χ0v) is 17.2. The Bertz CT molecular complexity index is 1160. The lowest BCUT2D eigenvalue weighted by Gasteiger charge is -2.21. The first-order chi connectivity index (χ1) is 14.8. The highest BCUT2D eigenvalue weighted by Gasteiger charge is 2.30. The van der Waals surface area contributed by atoms with Crippen molar-refractivity contribution in [1.82, 2.24) is 0 Å². The number of nitrogens with zero attached hydrogens (tertiary/aromatic N) is 1. The van der Waals surface area contributed by atoms with Gasteiger partial charge in [0.2, 0.25) is 0 Å². The summed E-state index contributed by atoms with van der Waals surface area (Å²) < 4.78 is 38.2. The highest BCUT2D eigenvalue weighted by molar-refractivity contribution is 7.99. The molecule has 0 aromatic heterocycles. The molecule has 0 bridgehead atoms. The van der Waals surface area contributed by atoms with E-state index in [1.165, 1.54) is 11.8 Å². The quantitative estimate of drug-likeness (QED) is 0.534. The van der Waals surface area contributed by atoms with E-state index in [4.69, 9.17) is 0 Å². The summed E-state index contributed by atoms with van der Waals surface area (Å²) in [5, 5.41) is 2.72. The molecule has 0 atom stereocenters. The van der Waals surface area contributed by atoms with Gasteiger partial charge >= 0.3 is 6.18 Å². The number of fused-ring (bicyclic) bond motifs is 2. The lowest BCUT2D eigenvalue weighted by molar-refractivity contribution is -0.137. The average Bonchev–Trinajstić information content (AvgIpc) is 2.86. The Morgan fingerprint density at radius 1 is 1.00 bits per heavy atom. The molecule has 4 rings (SSSR count). The first-order valence-corrected chi connectivity index (χ1v) is 10.3. The van der Waals surface area contributed by atoms with Gasteiger partial charge in [-0.2, -0.15) is 13.2 Å². The van der Waals surface area contributed by atoms with E-state index < -0.39 is 17.6 Å². The second-order valence-corrected chi connectivity index (χ2v) is 7.94. The zero-order chi connectivity index (χ0) is 22.2. The molecule has 0 radical (unpaired) electrons. The molecule has 0 saturated carbocycles. The third-order valence-corrected chi connectivity index (χ3v) is 6.00. The van der Waals surface area contributed by atoms with Crippen LogP contribution in [0.25, 0.3) is 0 Å². The Kier molecular flexibility index (Phi) is 5.49. The van der Waals surface area contributed by atoms with Crippen molar-refractivity contribution in [3.8, 4) is 0 Å². The van der Waals surface area contributed by atoms with Gasteiger partial charge in [0.1, 0.15) is 0 Å². The number of anilines is 2. The number of hydrogen-bond donors (Lipinski definition) is 1. The van der Waals surface area contributed by atoms with E-state index in [1.807, 2.05) is 25.1 Å². The normalized spacial score (nSPS) is 13.3. The van der Waals surface area contributed by atoms with Crippen LogP contribution in [0.5, 0.6) is 0 Å². The van der Waals surface area contributed by atoms with Crippen molar-refractivity contribution in [3.05, 3.63) is 83.4 Å². The van der Waals surface area contributed by atoms with Gasteiger partial charge in [-0.05, 0) is 61.5 Å².